The van der Waals surface area contributed by atoms with E-state index in [2.05, 4.69) is 16.1 Å². The lowest BCUT2D eigenvalue weighted by molar-refractivity contribution is 0.0939. The van der Waals surface area contributed by atoms with Gasteiger partial charge in [0, 0.05) is 5.56 Å². The number of carbonyl (C=O) groups excluding carboxylic acids is 1. The number of carbonyl (C=O) groups is 1. The van der Waals surface area contributed by atoms with Gasteiger partial charge in [0.15, 0.2) is 0 Å². The first kappa shape index (κ1) is 19.0. The molecule has 0 saturated carbocycles. The zero-order chi connectivity index (χ0) is 18.8. The third-order valence-electron chi connectivity index (χ3n) is 4.12. The van der Waals surface area contributed by atoms with Crippen molar-refractivity contribution in [2.24, 2.45) is 0 Å². The van der Waals surface area contributed by atoms with Crippen LogP contribution in [0.5, 0.6) is 0 Å². The van der Waals surface area contributed by atoms with Crippen molar-refractivity contribution in [2.45, 2.75) is 33.7 Å². The normalized spacial score (nSPS) is 12.5. The maximum atomic E-state index is 12.7. The number of hydrogen-bond acceptors (Lipinski definition) is 3. The van der Waals surface area contributed by atoms with Crippen LogP contribution in [0.4, 0.5) is 5.69 Å². The van der Waals surface area contributed by atoms with Gasteiger partial charge < -0.3 is 5.32 Å². The van der Waals surface area contributed by atoms with E-state index in [1.807, 2.05) is 32.9 Å². The molecule has 0 spiro atoms. The fraction of sp³-hybridized carbons (Fsp3) is 0.316. The molecular weight excluding hydrogens is 336 g/mol. The third-order valence-corrected chi connectivity index (χ3v) is 4.71. The van der Waals surface area contributed by atoms with E-state index in [0.29, 0.717) is 16.8 Å². The molecule has 5 nitrogen and oxygen atoms in total. The molecule has 1 amide bonds. The van der Waals surface area contributed by atoms with Crippen LogP contribution < -0.4 is 10.0 Å². The fourth-order valence-corrected chi connectivity index (χ4v) is 3.39. The van der Waals surface area contributed by atoms with E-state index in [4.69, 9.17) is 0 Å². The van der Waals surface area contributed by atoms with E-state index in [-0.39, 0.29) is 11.9 Å². The van der Waals surface area contributed by atoms with Gasteiger partial charge in [0.2, 0.25) is 10.0 Å². The second-order valence-electron chi connectivity index (χ2n) is 6.41. The summed E-state index contributed by atoms with van der Waals surface area (Å²) in [6.07, 6.45) is 1.09. The molecule has 25 heavy (non-hydrogen) atoms. The monoisotopic (exact) mass is 360 g/mol. The highest BCUT2D eigenvalue weighted by Crippen LogP contribution is 2.22. The summed E-state index contributed by atoms with van der Waals surface area (Å²) in [5.41, 5.74) is 4.77. The molecule has 6 heteroatoms. The van der Waals surface area contributed by atoms with Crippen LogP contribution in [-0.2, 0) is 10.0 Å². The van der Waals surface area contributed by atoms with Crippen molar-refractivity contribution in [1.29, 1.82) is 0 Å². The quantitative estimate of drug-likeness (QED) is 0.857. The molecule has 0 aromatic heterocycles. The van der Waals surface area contributed by atoms with Crippen LogP contribution >= 0.6 is 0 Å². The first-order valence-electron chi connectivity index (χ1n) is 8.04. The van der Waals surface area contributed by atoms with Gasteiger partial charge in [-0.05, 0) is 56.5 Å². The van der Waals surface area contributed by atoms with E-state index in [9.17, 15) is 13.2 Å². The number of anilines is 1. The van der Waals surface area contributed by atoms with Crippen molar-refractivity contribution in [2.75, 3.05) is 11.0 Å². The number of amides is 1. The Balaban J connectivity index is 2.26. The largest absolute Gasteiger partial charge is 0.345 e. The highest BCUT2D eigenvalue weighted by atomic mass is 32.2. The number of aryl methyl sites for hydroxylation is 2. The minimum atomic E-state index is -3.40. The highest BCUT2D eigenvalue weighted by Gasteiger charge is 2.17. The molecule has 0 radical (unpaired) electrons. The Morgan fingerprint density at radius 1 is 1.08 bits per heavy atom. The molecule has 0 bridgehead atoms. The molecule has 2 rings (SSSR count). The number of nitrogens with one attached hydrogen (secondary N) is 2. The molecule has 1 atom stereocenters. The van der Waals surface area contributed by atoms with Crippen molar-refractivity contribution in [3.8, 4) is 0 Å². The molecule has 0 fully saturated rings. The van der Waals surface area contributed by atoms with Crippen LogP contribution in [0.2, 0.25) is 0 Å². The topological polar surface area (TPSA) is 75.3 Å². The lowest BCUT2D eigenvalue weighted by atomic mass is 9.99. The molecule has 0 aliphatic heterocycles. The molecule has 0 heterocycles. The van der Waals surface area contributed by atoms with Crippen LogP contribution in [0.25, 0.3) is 0 Å². The summed E-state index contributed by atoms with van der Waals surface area (Å²) in [6, 6.07) is 11.0. The predicted octanol–water partition coefficient (Wildman–Crippen LogP) is 3.47. The van der Waals surface area contributed by atoms with Crippen LogP contribution in [0.1, 0.15) is 45.6 Å². The van der Waals surface area contributed by atoms with Gasteiger partial charge in [0.25, 0.3) is 5.91 Å². The molecule has 2 aromatic carbocycles. The summed E-state index contributed by atoms with van der Waals surface area (Å²) in [5.74, 6) is -0.233. The first-order valence-corrected chi connectivity index (χ1v) is 9.93. The average molecular weight is 360 g/mol. The van der Waals surface area contributed by atoms with E-state index in [0.717, 1.165) is 22.9 Å². The van der Waals surface area contributed by atoms with Gasteiger partial charge in [-0.2, -0.15) is 0 Å². The van der Waals surface area contributed by atoms with E-state index >= 15 is 0 Å². The predicted molar refractivity (Wildman–Crippen MR) is 101 cm³/mol. The molecule has 2 aromatic rings. The first-order chi connectivity index (χ1) is 11.6. The van der Waals surface area contributed by atoms with Gasteiger partial charge in [0.05, 0.1) is 18.0 Å². The third kappa shape index (κ3) is 4.82. The number of hydrogen-bond donors (Lipinski definition) is 2. The zero-order valence-electron chi connectivity index (χ0n) is 15.2. The summed E-state index contributed by atoms with van der Waals surface area (Å²) < 4.78 is 25.3. The lowest BCUT2D eigenvalue weighted by Gasteiger charge is -2.19. The van der Waals surface area contributed by atoms with Gasteiger partial charge in [-0.3, -0.25) is 9.52 Å². The second kappa shape index (κ2) is 7.27. The standard InChI is InChI=1S/C19H24N2O3S/c1-12-9-10-13(2)17(11-12)15(4)20-19(22)16-7-6-8-18(14(16)3)21-25(5,23)24/h6-11,15,21H,1-5H3,(H,20,22)/t15-/m0/s1. The minimum Gasteiger partial charge on any atom is -0.345 e. The smallest absolute Gasteiger partial charge is 0.252 e. The van der Waals surface area contributed by atoms with Crippen LogP contribution in [0.3, 0.4) is 0 Å². The van der Waals surface area contributed by atoms with Gasteiger partial charge in [-0.1, -0.05) is 29.8 Å². The van der Waals surface area contributed by atoms with Crippen molar-refractivity contribution in [3.05, 3.63) is 64.2 Å². The maximum Gasteiger partial charge on any atom is 0.252 e. The molecule has 0 aliphatic rings. The SMILES string of the molecule is Cc1ccc(C)c([C@H](C)NC(=O)c2cccc(NS(C)(=O)=O)c2C)c1. The molecule has 134 valence electrons. The Kier molecular flexibility index (Phi) is 5.52. The van der Waals surface area contributed by atoms with E-state index < -0.39 is 10.0 Å². The summed E-state index contributed by atoms with van der Waals surface area (Å²) in [5, 5.41) is 3.00. The highest BCUT2D eigenvalue weighted by molar-refractivity contribution is 7.92. The van der Waals surface area contributed by atoms with Crippen molar-refractivity contribution >= 4 is 21.6 Å². The van der Waals surface area contributed by atoms with Gasteiger partial charge >= 0.3 is 0 Å². The Bertz CT molecular complexity index is 905. The Morgan fingerprint density at radius 3 is 2.40 bits per heavy atom. The molecule has 0 unspecified atom stereocenters. The Morgan fingerprint density at radius 2 is 1.76 bits per heavy atom. The average Bonchev–Trinajstić information content (AvgIpc) is 2.50. The van der Waals surface area contributed by atoms with Gasteiger partial charge in [0.1, 0.15) is 0 Å². The van der Waals surface area contributed by atoms with E-state index in [1.54, 1.807) is 25.1 Å². The summed E-state index contributed by atoms with van der Waals surface area (Å²) in [7, 11) is -3.40. The summed E-state index contributed by atoms with van der Waals surface area (Å²) in [4.78, 5) is 12.7. The van der Waals surface area contributed by atoms with Crippen LogP contribution in [0, 0.1) is 20.8 Å². The van der Waals surface area contributed by atoms with Crippen molar-refractivity contribution < 1.29 is 13.2 Å². The molecule has 2 N–H and O–H groups in total. The molecule has 0 saturated heterocycles. The Labute approximate surface area is 149 Å². The van der Waals surface area contributed by atoms with E-state index in [1.165, 1.54) is 0 Å². The number of benzene rings is 2. The second-order valence-corrected chi connectivity index (χ2v) is 8.16. The van der Waals surface area contributed by atoms with Gasteiger partial charge in [-0.15, -0.1) is 0 Å². The van der Waals surface area contributed by atoms with Crippen molar-refractivity contribution in [1.82, 2.24) is 5.32 Å². The minimum absolute atomic E-state index is 0.154. The van der Waals surface area contributed by atoms with Gasteiger partial charge in [-0.25, -0.2) is 8.42 Å². The Hall–Kier alpha value is -2.34. The summed E-state index contributed by atoms with van der Waals surface area (Å²) >= 11 is 0. The summed E-state index contributed by atoms with van der Waals surface area (Å²) in [6.45, 7) is 7.69. The maximum absolute atomic E-state index is 12.7. The lowest BCUT2D eigenvalue weighted by Crippen LogP contribution is -2.28. The number of rotatable bonds is 5. The number of sulfonamides is 1. The molecular formula is C19H24N2O3S. The van der Waals surface area contributed by atoms with Crippen molar-refractivity contribution in [3.63, 3.8) is 0 Å². The zero-order valence-corrected chi connectivity index (χ0v) is 16.0. The fourth-order valence-electron chi connectivity index (χ4n) is 2.77. The molecule has 0 aliphatic carbocycles. The van der Waals surface area contributed by atoms with Crippen LogP contribution in [0.15, 0.2) is 36.4 Å². The van der Waals surface area contributed by atoms with Crippen LogP contribution in [-0.4, -0.2) is 20.6 Å².